The molecule has 13 heteroatoms. The van der Waals surface area contributed by atoms with Gasteiger partial charge >= 0.3 is 12.4 Å². The third kappa shape index (κ3) is 5.43. The highest BCUT2D eigenvalue weighted by Gasteiger charge is 2.35. The van der Waals surface area contributed by atoms with Gasteiger partial charge in [-0.05, 0) is 11.8 Å². The largest absolute Gasteiger partial charge is 0.418 e. The minimum atomic E-state index is -4.87. The number of rotatable bonds is 6. The number of hydrogen-bond donors (Lipinski definition) is 0. The first-order chi connectivity index (χ1) is 13.3. The number of alkyl halides is 6. The van der Waals surface area contributed by atoms with Crippen molar-refractivity contribution in [3.8, 4) is 0 Å². The van der Waals surface area contributed by atoms with Gasteiger partial charge in [0.15, 0.2) is 5.78 Å². The van der Waals surface area contributed by atoms with Crippen molar-refractivity contribution in [2.24, 2.45) is 0 Å². The molecule has 2 aromatic rings. The fourth-order valence-electron chi connectivity index (χ4n) is 2.24. The first-order valence-electron chi connectivity index (χ1n) is 7.78. The Morgan fingerprint density at radius 1 is 1.07 bits per heavy atom. The Morgan fingerprint density at radius 3 is 2.14 bits per heavy atom. The third-order valence-corrected chi connectivity index (χ3v) is 4.45. The third-order valence-electron chi connectivity index (χ3n) is 3.54. The Balaban J connectivity index is 2.43. The van der Waals surface area contributed by atoms with Gasteiger partial charge in [-0.1, -0.05) is 6.92 Å². The molecule has 0 fully saturated rings. The standard InChI is InChI=1S/C16H11F6N3O3S/c1-2-29-13-4-9(16(20,21)22)7-24-14(13)12(26)5-10-11(25(27)28)3-8(6-23-10)15(17,18)19/h3-4,6-7H,2,5H2,1H3. The van der Waals surface area contributed by atoms with Gasteiger partial charge in [0, 0.05) is 23.4 Å². The number of carbonyl (C=O) groups is 1. The van der Waals surface area contributed by atoms with Gasteiger partial charge in [0.25, 0.3) is 5.69 Å². The molecule has 0 atom stereocenters. The smallest absolute Gasteiger partial charge is 0.292 e. The lowest BCUT2D eigenvalue weighted by Crippen LogP contribution is -2.14. The minimum Gasteiger partial charge on any atom is -0.292 e. The van der Waals surface area contributed by atoms with Crippen molar-refractivity contribution in [3.05, 3.63) is 57.2 Å². The normalized spacial score (nSPS) is 12.1. The number of hydrogen-bond acceptors (Lipinski definition) is 6. The molecule has 0 saturated carbocycles. The summed E-state index contributed by atoms with van der Waals surface area (Å²) in [6, 6.07) is 0.973. The fourth-order valence-corrected chi connectivity index (χ4v) is 3.07. The van der Waals surface area contributed by atoms with Crippen LogP contribution >= 0.6 is 11.8 Å². The van der Waals surface area contributed by atoms with Crippen molar-refractivity contribution < 1.29 is 36.1 Å². The Labute approximate surface area is 163 Å². The zero-order valence-corrected chi connectivity index (χ0v) is 15.3. The highest BCUT2D eigenvalue weighted by atomic mass is 32.2. The van der Waals surface area contributed by atoms with Gasteiger partial charge in [0.1, 0.15) is 11.4 Å². The summed E-state index contributed by atoms with van der Waals surface area (Å²) in [7, 11) is 0. The van der Waals surface area contributed by atoms with Gasteiger partial charge in [0.2, 0.25) is 0 Å². The number of nitrogens with zero attached hydrogens (tertiary/aromatic N) is 3. The van der Waals surface area contributed by atoms with Crippen LogP contribution in [0.2, 0.25) is 0 Å². The van der Waals surface area contributed by atoms with Gasteiger partial charge in [-0.15, -0.1) is 11.8 Å². The lowest BCUT2D eigenvalue weighted by molar-refractivity contribution is -0.386. The van der Waals surface area contributed by atoms with Crippen molar-refractivity contribution >= 4 is 23.2 Å². The lowest BCUT2D eigenvalue weighted by atomic mass is 10.1. The summed E-state index contributed by atoms with van der Waals surface area (Å²) in [5, 5.41) is 11.1. The number of Topliss-reactive ketones (excluding diaryl/α,β-unsaturated/α-hetero) is 1. The van der Waals surface area contributed by atoms with Crippen LogP contribution in [0.25, 0.3) is 0 Å². The summed E-state index contributed by atoms with van der Waals surface area (Å²) in [5.41, 5.74) is -4.40. The molecular formula is C16H11F6N3O3S. The summed E-state index contributed by atoms with van der Waals surface area (Å²) in [5.74, 6) is -0.605. The SMILES string of the molecule is CCSc1cc(C(F)(F)F)cnc1C(=O)Cc1ncc(C(F)(F)F)cc1[N+](=O)[O-]. The highest BCUT2D eigenvalue weighted by molar-refractivity contribution is 7.99. The molecule has 0 saturated heterocycles. The molecule has 2 rings (SSSR count). The van der Waals surface area contributed by atoms with Crippen molar-refractivity contribution in [2.75, 3.05) is 5.75 Å². The molecule has 0 aliphatic rings. The molecule has 2 heterocycles. The molecule has 0 unspecified atom stereocenters. The van der Waals surface area contributed by atoms with Gasteiger partial charge in [0.05, 0.1) is 22.5 Å². The number of thioether (sulfide) groups is 1. The van der Waals surface area contributed by atoms with Crippen LogP contribution in [0.3, 0.4) is 0 Å². The lowest BCUT2D eigenvalue weighted by Gasteiger charge is -2.12. The van der Waals surface area contributed by atoms with Gasteiger partial charge < -0.3 is 0 Å². The number of halogens is 6. The van der Waals surface area contributed by atoms with E-state index in [1.165, 1.54) is 0 Å². The van der Waals surface area contributed by atoms with Crippen LogP contribution in [0.1, 0.15) is 34.2 Å². The molecule has 0 bridgehead atoms. The van der Waals surface area contributed by atoms with E-state index < -0.39 is 52.0 Å². The van der Waals surface area contributed by atoms with E-state index >= 15 is 0 Å². The topological polar surface area (TPSA) is 86.0 Å². The second-order valence-electron chi connectivity index (χ2n) is 5.55. The maximum Gasteiger partial charge on any atom is 0.418 e. The van der Waals surface area contributed by atoms with E-state index in [9.17, 15) is 41.3 Å². The van der Waals surface area contributed by atoms with Gasteiger partial charge in [-0.2, -0.15) is 26.3 Å². The van der Waals surface area contributed by atoms with Crippen LogP contribution < -0.4 is 0 Å². The number of ketones is 1. The molecule has 0 radical (unpaired) electrons. The Bertz CT molecular complexity index is 946. The zero-order chi connectivity index (χ0) is 22.0. The summed E-state index contributed by atoms with van der Waals surface area (Å²) >= 11 is 0.901. The molecule has 0 spiro atoms. The van der Waals surface area contributed by atoms with Crippen molar-refractivity contribution in [3.63, 3.8) is 0 Å². The summed E-state index contributed by atoms with van der Waals surface area (Å²) in [4.78, 5) is 29.2. The maximum absolute atomic E-state index is 12.9. The second-order valence-corrected chi connectivity index (χ2v) is 6.85. The summed E-state index contributed by atoms with van der Waals surface area (Å²) in [6.45, 7) is 1.63. The van der Waals surface area contributed by atoms with Crippen LogP contribution in [0.15, 0.2) is 29.4 Å². The predicted octanol–water partition coefficient (Wildman–Crippen LogP) is 4.96. The van der Waals surface area contributed by atoms with Crippen molar-refractivity contribution in [1.29, 1.82) is 0 Å². The van der Waals surface area contributed by atoms with E-state index in [0.29, 0.717) is 18.1 Å². The molecule has 0 aliphatic heterocycles. The molecule has 0 N–H and O–H groups in total. The summed E-state index contributed by atoms with van der Waals surface area (Å²) < 4.78 is 76.7. The van der Waals surface area contributed by atoms with Crippen LogP contribution in [-0.4, -0.2) is 26.4 Å². The van der Waals surface area contributed by atoms with E-state index in [0.717, 1.165) is 17.8 Å². The average molecular weight is 439 g/mol. The molecule has 156 valence electrons. The van der Waals surface area contributed by atoms with E-state index in [4.69, 9.17) is 0 Å². The molecule has 0 aromatic carbocycles. The minimum absolute atomic E-state index is 0.0955. The van der Waals surface area contributed by atoms with Crippen LogP contribution in [-0.2, 0) is 18.8 Å². The number of aromatic nitrogens is 2. The van der Waals surface area contributed by atoms with Crippen LogP contribution in [0.5, 0.6) is 0 Å². The molecular weight excluding hydrogens is 428 g/mol. The van der Waals surface area contributed by atoms with Crippen LogP contribution in [0.4, 0.5) is 32.0 Å². The van der Waals surface area contributed by atoms with Crippen molar-refractivity contribution in [2.45, 2.75) is 30.6 Å². The fraction of sp³-hybridized carbons (Fsp3) is 0.312. The van der Waals surface area contributed by atoms with Crippen LogP contribution in [0, 0.1) is 10.1 Å². The molecule has 0 aliphatic carbocycles. The van der Waals surface area contributed by atoms with Crippen molar-refractivity contribution in [1.82, 2.24) is 9.97 Å². The van der Waals surface area contributed by atoms with E-state index in [1.807, 2.05) is 0 Å². The van der Waals surface area contributed by atoms with E-state index in [1.54, 1.807) is 6.92 Å². The number of carbonyl (C=O) groups excluding carboxylic acids is 1. The number of nitro groups is 1. The maximum atomic E-state index is 12.9. The zero-order valence-electron chi connectivity index (χ0n) is 14.5. The first kappa shape index (κ1) is 22.6. The van der Waals surface area contributed by atoms with E-state index in [-0.39, 0.29) is 16.7 Å². The molecule has 0 amide bonds. The molecule has 2 aromatic heterocycles. The summed E-state index contributed by atoms with van der Waals surface area (Å²) in [6.07, 6.45) is -9.57. The monoisotopic (exact) mass is 439 g/mol. The highest BCUT2D eigenvalue weighted by Crippen LogP contribution is 2.34. The van der Waals surface area contributed by atoms with Gasteiger partial charge in [-0.25, -0.2) is 0 Å². The predicted molar refractivity (Wildman–Crippen MR) is 89.6 cm³/mol. The second kappa shape index (κ2) is 8.35. The number of pyridine rings is 2. The molecule has 6 nitrogen and oxygen atoms in total. The van der Waals surface area contributed by atoms with E-state index in [2.05, 4.69) is 9.97 Å². The first-order valence-corrected chi connectivity index (χ1v) is 8.77. The molecule has 29 heavy (non-hydrogen) atoms. The quantitative estimate of drug-likeness (QED) is 0.208. The van der Waals surface area contributed by atoms with Gasteiger partial charge in [-0.3, -0.25) is 24.9 Å². The Hall–Kier alpha value is -2.70. The Kier molecular flexibility index (Phi) is 6.50. The average Bonchev–Trinajstić information content (AvgIpc) is 2.60. The Morgan fingerprint density at radius 2 is 1.62 bits per heavy atom.